The summed E-state index contributed by atoms with van der Waals surface area (Å²) in [6.45, 7) is 3.02. The van der Waals surface area contributed by atoms with Crippen LogP contribution in [0.2, 0.25) is 0 Å². The Morgan fingerprint density at radius 3 is 2.68 bits per heavy atom. The number of aliphatic hydroxyl groups is 1. The van der Waals surface area contributed by atoms with E-state index in [0.29, 0.717) is 24.5 Å². The lowest BCUT2D eigenvalue weighted by atomic mass is 9.99. The molecule has 4 heterocycles. The minimum Gasteiger partial charge on any atom is -0.457 e. The Hall–Kier alpha value is -3.60. The van der Waals surface area contributed by atoms with Crippen molar-refractivity contribution >= 4 is 35.1 Å². The highest BCUT2D eigenvalue weighted by Crippen LogP contribution is 2.51. The molecule has 3 aliphatic heterocycles. The third-order valence-electron chi connectivity index (χ3n) is 6.95. The molecule has 10 heteroatoms. The number of anilines is 2. The van der Waals surface area contributed by atoms with Gasteiger partial charge in [0.25, 0.3) is 0 Å². The summed E-state index contributed by atoms with van der Waals surface area (Å²) in [5, 5.41) is 16.4. The van der Waals surface area contributed by atoms with E-state index in [9.17, 15) is 14.7 Å². The molecule has 0 spiro atoms. The van der Waals surface area contributed by atoms with Gasteiger partial charge in [0.05, 0.1) is 29.6 Å². The number of hydrogen-bond acceptors (Lipinski definition) is 7. The van der Waals surface area contributed by atoms with Crippen molar-refractivity contribution in [1.82, 2.24) is 20.5 Å². The molecule has 0 bridgehead atoms. The molecule has 37 heavy (non-hydrogen) atoms. The largest absolute Gasteiger partial charge is 0.457 e. The van der Waals surface area contributed by atoms with Crippen LogP contribution in [0.25, 0.3) is 0 Å². The number of nitrogens with zero attached hydrogens (tertiary/aromatic N) is 3. The van der Waals surface area contributed by atoms with Gasteiger partial charge in [-0.2, -0.15) is 0 Å². The Labute approximate surface area is 218 Å². The number of pyridine rings is 1. The highest BCUT2D eigenvalue weighted by molar-refractivity contribution is 8.01. The predicted molar refractivity (Wildman–Crippen MR) is 140 cm³/mol. The number of para-hydroxylation sites is 1. The molecule has 0 saturated carbocycles. The van der Waals surface area contributed by atoms with Gasteiger partial charge in [-0.1, -0.05) is 30.0 Å². The molecule has 1 fully saturated rings. The summed E-state index contributed by atoms with van der Waals surface area (Å²) >= 11 is 1.34. The van der Waals surface area contributed by atoms with Crippen LogP contribution in [0.5, 0.6) is 11.5 Å². The van der Waals surface area contributed by atoms with E-state index in [2.05, 4.69) is 15.6 Å². The normalized spacial score (nSPS) is 24.5. The van der Waals surface area contributed by atoms with Crippen molar-refractivity contribution in [3.8, 4) is 11.5 Å². The number of thioether (sulfide) groups is 1. The Morgan fingerprint density at radius 2 is 1.95 bits per heavy atom. The molecule has 0 aliphatic carbocycles. The van der Waals surface area contributed by atoms with Crippen LogP contribution in [-0.4, -0.2) is 64.5 Å². The zero-order valence-electron chi connectivity index (χ0n) is 20.4. The van der Waals surface area contributed by atoms with E-state index in [0.717, 1.165) is 27.6 Å². The molecule has 1 saturated heterocycles. The van der Waals surface area contributed by atoms with Crippen LogP contribution >= 0.6 is 11.8 Å². The average molecular weight is 518 g/mol. The van der Waals surface area contributed by atoms with E-state index in [1.54, 1.807) is 11.1 Å². The van der Waals surface area contributed by atoms with Gasteiger partial charge in [0.15, 0.2) is 0 Å². The third-order valence-corrected chi connectivity index (χ3v) is 8.24. The number of carbonyl (C=O) groups excluding carboxylic acids is 2. The maximum atomic E-state index is 13.5. The van der Waals surface area contributed by atoms with E-state index >= 15 is 0 Å². The van der Waals surface area contributed by atoms with Gasteiger partial charge >= 0.3 is 6.03 Å². The third kappa shape index (κ3) is 4.30. The summed E-state index contributed by atoms with van der Waals surface area (Å²) in [6.07, 6.45) is 1.05. The number of aliphatic hydroxyl groups excluding tert-OH is 1. The molecule has 9 nitrogen and oxygen atoms in total. The van der Waals surface area contributed by atoms with Gasteiger partial charge < -0.3 is 25.4 Å². The van der Waals surface area contributed by atoms with E-state index in [-0.39, 0.29) is 18.0 Å². The minimum absolute atomic E-state index is 0.217. The molecule has 3 aromatic rings. The van der Waals surface area contributed by atoms with E-state index in [4.69, 9.17) is 4.74 Å². The second-order valence-electron chi connectivity index (χ2n) is 9.62. The number of urea groups is 1. The number of aromatic nitrogens is 1. The molecule has 3 aliphatic rings. The van der Waals surface area contributed by atoms with Gasteiger partial charge in [-0.25, -0.2) is 9.78 Å². The number of hydrogen-bond donors (Lipinski definition) is 3. The van der Waals surface area contributed by atoms with Crippen molar-refractivity contribution in [1.29, 1.82) is 0 Å². The van der Waals surface area contributed by atoms with Crippen LogP contribution in [0.3, 0.4) is 0 Å². The van der Waals surface area contributed by atoms with Crippen LogP contribution in [0.1, 0.15) is 17.2 Å². The Morgan fingerprint density at radius 1 is 1.14 bits per heavy atom. The van der Waals surface area contributed by atoms with Crippen LogP contribution in [-0.2, 0) is 4.79 Å². The van der Waals surface area contributed by atoms with Crippen molar-refractivity contribution in [3.05, 3.63) is 71.9 Å². The first kappa shape index (κ1) is 23.8. The van der Waals surface area contributed by atoms with Crippen molar-refractivity contribution in [2.45, 2.75) is 35.4 Å². The van der Waals surface area contributed by atoms with Crippen LogP contribution in [0, 0.1) is 6.92 Å². The van der Waals surface area contributed by atoms with E-state index in [1.807, 2.05) is 73.5 Å². The maximum Gasteiger partial charge on any atom is 0.327 e. The van der Waals surface area contributed by atoms with E-state index in [1.165, 1.54) is 11.8 Å². The standard InChI is InChI=1S/C27H27N5O4S/c1-15-12-17(36-16-6-4-3-5-7-16)8-9-19(15)32-20-10-11-28-26-22(20)23(30-27(32)35)24(37-26)25(34)29-18-13-31(2)14-21(18)33/h3-12,18,21,23-24,33H,13-14H2,1-2H3,(H,29,34)(H,30,35)/t18-,21-,23?,24?/m0/s1. The van der Waals surface area contributed by atoms with Gasteiger partial charge in [-0.3, -0.25) is 9.69 Å². The number of nitrogens with one attached hydrogen (secondary N) is 2. The van der Waals surface area contributed by atoms with Crippen LogP contribution < -0.4 is 20.3 Å². The second kappa shape index (κ2) is 9.37. The summed E-state index contributed by atoms with van der Waals surface area (Å²) in [5.74, 6) is 1.19. The molecule has 3 N–H and O–H groups in total. The zero-order chi connectivity index (χ0) is 25.7. The van der Waals surface area contributed by atoms with Crippen LogP contribution in [0.15, 0.2) is 65.8 Å². The minimum atomic E-state index is -0.621. The summed E-state index contributed by atoms with van der Waals surface area (Å²) in [6, 6.07) is 15.8. The fraction of sp³-hybridized carbons (Fsp3) is 0.296. The first-order valence-electron chi connectivity index (χ1n) is 12.2. The van der Waals surface area contributed by atoms with Crippen molar-refractivity contribution in [3.63, 3.8) is 0 Å². The predicted octanol–water partition coefficient (Wildman–Crippen LogP) is 3.35. The Balaban J connectivity index is 1.27. The van der Waals surface area contributed by atoms with Crippen molar-refractivity contribution in [2.75, 3.05) is 25.0 Å². The SMILES string of the molecule is Cc1cc(Oc2ccccc2)ccc1N1C(=O)NC2c3c1ccnc3SC2C(=O)N[C@H]1CN(C)C[C@@H]1O. The van der Waals surface area contributed by atoms with Gasteiger partial charge in [-0.05, 0) is 55.9 Å². The lowest BCUT2D eigenvalue weighted by molar-refractivity contribution is -0.122. The average Bonchev–Trinajstić information content (AvgIpc) is 3.40. The number of amides is 3. The first-order chi connectivity index (χ1) is 17.9. The lowest BCUT2D eigenvalue weighted by Gasteiger charge is -2.35. The maximum absolute atomic E-state index is 13.5. The van der Waals surface area contributed by atoms with Gasteiger partial charge in [0.1, 0.15) is 21.8 Å². The molecular weight excluding hydrogens is 490 g/mol. The molecule has 2 aromatic carbocycles. The van der Waals surface area contributed by atoms with Crippen LogP contribution in [0.4, 0.5) is 16.2 Å². The lowest BCUT2D eigenvalue weighted by Crippen LogP contribution is -2.52. The smallest absolute Gasteiger partial charge is 0.327 e. The molecule has 190 valence electrons. The quantitative estimate of drug-likeness (QED) is 0.477. The topological polar surface area (TPSA) is 107 Å². The van der Waals surface area contributed by atoms with Crippen molar-refractivity contribution in [2.24, 2.45) is 0 Å². The molecular formula is C27H27N5O4S. The number of benzene rings is 2. The second-order valence-corrected chi connectivity index (χ2v) is 10.7. The van der Waals surface area contributed by atoms with E-state index < -0.39 is 17.4 Å². The van der Waals surface area contributed by atoms with Gasteiger partial charge in [0.2, 0.25) is 5.91 Å². The zero-order valence-corrected chi connectivity index (χ0v) is 21.2. The highest BCUT2D eigenvalue weighted by Gasteiger charge is 2.47. The number of β-amino-alcohol motifs (C(OH)–C–C–N with tert-alkyl or cyclic N) is 1. The summed E-state index contributed by atoms with van der Waals surface area (Å²) in [7, 11) is 1.91. The number of carbonyl (C=O) groups is 2. The number of likely N-dealkylation sites (N-methyl/N-ethyl adjacent to an activating group) is 1. The molecule has 3 amide bonds. The molecule has 0 radical (unpaired) electrons. The summed E-state index contributed by atoms with van der Waals surface area (Å²) in [5.41, 5.74) is 3.13. The van der Waals surface area contributed by atoms with Gasteiger partial charge in [-0.15, -0.1) is 0 Å². The molecule has 4 atom stereocenters. The number of aryl methyl sites for hydroxylation is 1. The molecule has 6 rings (SSSR count). The Bertz CT molecular complexity index is 1370. The monoisotopic (exact) mass is 517 g/mol. The molecule has 1 aromatic heterocycles. The summed E-state index contributed by atoms with van der Waals surface area (Å²) < 4.78 is 5.96. The molecule has 2 unspecified atom stereocenters. The first-order valence-corrected chi connectivity index (χ1v) is 13.0. The number of ether oxygens (including phenoxy) is 1. The number of rotatable bonds is 5. The fourth-order valence-corrected chi connectivity index (χ4v) is 6.45. The van der Waals surface area contributed by atoms with Gasteiger partial charge in [0, 0.05) is 24.8 Å². The highest BCUT2D eigenvalue weighted by atomic mass is 32.2. The Kier molecular flexibility index (Phi) is 6.02. The number of likely N-dealkylation sites (tertiary alicyclic amines) is 1. The van der Waals surface area contributed by atoms with Crippen molar-refractivity contribution < 1.29 is 19.4 Å². The fourth-order valence-electron chi connectivity index (χ4n) is 5.22. The summed E-state index contributed by atoms with van der Waals surface area (Å²) in [4.78, 5) is 34.8.